The number of hydrogen-bond acceptors (Lipinski definition) is 8. The lowest BCUT2D eigenvalue weighted by Crippen LogP contribution is -2.19. The minimum Gasteiger partial charge on any atom is -0.492 e. The van der Waals surface area contributed by atoms with Crippen molar-refractivity contribution in [1.82, 2.24) is 9.97 Å². The molecule has 9 nitrogen and oxygen atoms in total. The molecule has 2 aromatic heterocycles. The van der Waals surface area contributed by atoms with Crippen LogP contribution in [0.1, 0.15) is 41.7 Å². The Morgan fingerprint density at radius 3 is 2.29 bits per heavy atom. The fourth-order valence-electron chi connectivity index (χ4n) is 3.29. The number of anilines is 2. The van der Waals surface area contributed by atoms with E-state index < -0.39 is 0 Å². The van der Waals surface area contributed by atoms with Gasteiger partial charge in [0.05, 0.1) is 35.2 Å². The average Bonchev–Trinajstić information content (AvgIpc) is 3.36. The number of amides is 2. The first kappa shape index (κ1) is 26.3. The standard InChI is InChI=1S/C24H28N4O5S2/c1-5-15-14(4)25-24(28-22(15)30)35-13-21(29)26-16-11-19(33-7-3)17(12-18(16)32-6-2)27-23(31)20-9-8-10-34-20/h8-12H,5-7,13H2,1-4H3,(H,26,29)(H,27,31)(H,25,28,30). The molecule has 3 rings (SSSR count). The summed E-state index contributed by atoms with van der Waals surface area (Å²) in [6.07, 6.45) is 0.589. The molecular weight excluding hydrogens is 488 g/mol. The predicted octanol–water partition coefficient (Wildman–Crippen LogP) is 4.48. The molecule has 11 heteroatoms. The van der Waals surface area contributed by atoms with Crippen LogP contribution in [0.3, 0.4) is 0 Å². The number of H-pyrrole nitrogens is 1. The third-order valence-electron chi connectivity index (χ3n) is 4.84. The normalized spacial score (nSPS) is 10.6. The van der Waals surface area contributed by atoms with Crippen molar-refractivity contribution < 1.29 is 19.1 Å². The van der Waals surface area contributed by atoms with Crippen LogP contribution >= 0.6 is 23.1 Å². The number of benzene rings is 1. The van der Waals surface area contributed by atoms with E-state index in [1.807, 2.05) is 26.2 Å². The predicted molar refractivity (Wildman–Crippen MR) is 139 cm³/mol. The van der Waals surface area contributed by atoms with E-state index in [-0.39, 0.29) is 23.1 Å². The van der Waals surface area contributed by atoms with Gasteiger partial charge >= 0.3 is 0 Å². The highest BCUT2D eigenvalue weighted by atomic mass is 32.2. The maximum Gasteiger partial charge on any atom is 0.265 e. The van der Waals surface area contributed by atoms with Crippen molar-refractivity contribution in [3.8, 4) is 11.5 Å². The summed E-state index contributed by atoms with van der Waals surface area (Å²) in [5.74, 6) is 0.252. The Hall–Kier alpha value is -3.31. The number of nitrogens with one attached hydrogen (secondary N) is 3. The number of carbonyl (C=O) groups excluding carboxylic acids is 2. The first-order valence-corrected chi connectivity index (χ1v) is 13.0. The quantitative estimate of drug-likeness (QED) is 0.254. The second-order valence-electron chi connectivity index (χ2n) is 7.27. The molecule has 3 N–H and O–H groups in total. The summed E-state index contributed by atoms with van der Waals surface area (Å²) >= 11 is 2.46. The summed E-state index contributed by atoms with van der Waals surface area (Å²) in [4.78, 5) is 45.1. The number of rotatable bonds is 11. The van der Waals surface area contributed by atoms with E-state index in [9.17, 15) is 14.4 Å². The number of aromatic nitrogens is 2. The Labute approximate surface area is 211 Å². The Balaban J connectivity index is 1.78. The van der Waals surface area contributed by atoms with Crippen molar-refractivity contribution >= 4 is 46.3 Å². The van der Waals surface area contributed by atoms with Gasteiger partial charge in [0.1, 0.15) is 11.5 Å². The van der Waals surface area contributed by atoms with Crippen LogP contribution in [0.4, 0.5) is 11.4 Å². The molecule has 0 fully saturated rings. The number of aryl methyl sites for hydroxylation is 1. The van der Waals surface area contributed by atoms with Gasteiger partial charge in [-0.05, 0) is 38.6 Å². The number of thiophene rings is 1. The highest BCUT2D eigenvalue weighted by molar-refractivity contribution is 7.99. The fraction of sp³-hybridized carbons (Fsp3) is 0.333. The number of carbonyl (C=O) groups is 2. The molecule has 3 aromatic rings. The number of aromatic amines is 1. The van der Waals surface area contributed by atoms with Crippen molar-refractivity contribution in [3.63, 3.8) is 0 Å². The van der Waals surface area contributed by atoms with Crippen LogP contribution in [-0.4, -0.2) is 40.7 Å². The molecular formula is C24H28N4O5S2. The van der Waals surface area contributed by atoms with Crippen LogP contribution in [0.15, 0.2) is 39.6 Å². The van der Waals surface area contributed by atoms with Gasteiger partial charge in [-0.2, -0.15) is 0 Å². The molecule has 0 aliphatic heterocycles. The van der Waals surface area contributed by atoms with Gasteiger partial charge in [0, 0.05) is 23.4 Å². The first-order chi connectivity index (χ1) is 16.9. The average molecular weight is 517 g/mol. The molecule has 0 saturated carbocycles. The Morgan fingerprint density at radius 2 is 1.74 bits per heavy atom. The Kier molecular flexibility index (Phi) is 9.32. The van der Waals surface area contributed by atoms with Crippen molar-refractivity contribution in [2.75, 3.05) is 29.6 Å². The van der Waals surface area contributed by atoms with Crippen LogP contribution in [0.25, 0.3) is 0 Å². The molecule has 0 bridgehead atoms. The summed E-state index contributed by atoms with van der Waals surface area (Å²) in [5, 5.41) is 7.89. The first-order valence-electron chi connectivity index (χ1n) is 11.2. The Morgan fingerprint density at radius 1 is 1.09 bits per heavy atom. The molecule has 2 amide bonds. The van der Waals surface area contributed by atoms with Crippen molar-refractivity contribution in [1.29, 1.82) is 0 Å². The van der Waals surface area contributed by atoms with Gasteiger partial charge in [0.15, 0.2) is 5.16 Å². The number of hydrogen-bond donors (Lipinski definition) is 3. The molecule has 2 heterocycles. The van der Waals surface area contributed by atoms with E-state index in [4.69, 9.17) is 9.47 Å². The van der Waals surface area contributed by atoms with Crippen LogP contribution in [-0.2, 0) is 11.2 Å². The molecule has 35 heavy (non-hydrogen) atoms. The third kappa shape index (κ3) is 6.86. The number of thioether (sulfide) groups is 1. The summed E-state index contributed by atoms with van der Waals surface area (Å²) in [5.41, 5.74) is 1.95. The summed E-state index contributed by atoms with van der Waals surface area (Å²) < 4.78 is 11.4. The monoisotopic (exact) mass is 516 g/mol. The largest absolute Gasteiger partial charge is 0.492 e. The summed E-state index contributed by atoms with van der Waals surface area (Å²) in [6.45, 7) is 8.05. The van der Waals surface area contributed by atoms with Gasteiger partial charge in [-0.15, -0.1) is 11.3 Å². The number of nitrogens with zero attached hydrogens (tertiary/aromatic N) is 1. The number of ether oxygens (including phenoxy) is 2. The van der Waals surface area contributed by atoms with Crippen LogP contribution in [0.2, 0.25) is 0 Å². The second-order valence-corrected chi connectivity index (χ2v) is 9.18. The minimum atomic E-state index is -0.311. The lowest BCUT2D eigenvalue weighted by molar-refractivity contribution is -0.113. The van der Waals surface area contributed by atoms with E-state index in [0.717, 1.165) is 11.8 Å². The summed E-state index contributed by atoms with van der Waals surface area (Å²) in [7, 11) is 0. The van der Waals surface area contributed by atoms with Crippen molar-refractivity contribution in [2.24, 2.45) is 0 Å². The van der Waals surface area contributed by atoms with E-state index in [0.29, 0.717) is 63.8 Å². The molecule has 0 aliphatic carbocycles. The zero-order chi connectivity index (χ0) is 25.4. The van der Waals surface area contributed by atoms with Gasteiger partial charge in [-0.3, -0.25) is 14.4 Å². The van der Waals surface area contributed by atoms with Gasteiger partial charge in [0.25, 0.3) is 11.5 Å². The molecule has 0 aliphatic rings. The molecule has 0 unspecified atom stereocenters. The van der Waals surface area contributed by atoms with E-state index in [1.165, 1.54) is 11.3 Å². The smallest absolute Gasteiger partial charge is 0.265 e. The van der Waals surface area contributed by atoms with Gasteiger partial charge in [-0.1, -0.05) is 24.8 Å². The SMILES string of the molecule is CCOc1cc(NC(=O)c2cccs2)c(OCC)cc1NC(=O)CSc1nc(C)c(CC)c(=O)[nH]1. The van der Waals surface area contributed by atoms with Gasteiger partial charge < -0.3 is 25.1 Å². The van der Waals surface area contributed by atoms with Crippen molar-refractivity contribution in [3.05, 3.63) is 56.1 Å². The van der Waals surface area contributed by atoms with Gasteiger partial charge in [0.2, 0.25) is 5.91 Å². The summed E-state index contributed by atoms with van der Waals surface area (Å²) in [6, 6.07) is 6.79. The fourth-order valence-corrected chi connectivity index (χ4v) is 4.61. The maximum absolute atomic E-state index is 12.7. The van der Waals surface area contributed by atoms with E-state index >= 15 is 0 Å². The maximum atomic E-state index is 12.7. The minimum absolute atomic E-state index is 0.0280. The molecule has 0 radical (unpaired) electrons. The highest BCUT2D eigenvalue weighted by Crippen LogP contribution is 2.37. The molecule has 0 saturated heterocycles. The highest BCUT2D eigenvalue weighted by Gasteiger charge is 2.18. The second kappa shape index (κ2) is 12.4. The van der Waals surface area contributed by atoms with Crippen LogP contribution < -0.4 is 25.7 Å². The Bertz CT molecular complexity index is 1240. The lowest BCUT2D eigenvalue weighted by Gasteiger charge is -2.17. The zero-order valence-electron chi connectivity index (χ0n) is 20.0. The lowest BCUT2D eigenvalue weighted by atomic mass is 10.2. The molecule has 1 aromatic carbocycles. The molecule has 186 valence electrons. The van der Waals surface area contributed by atoms with Gasteiger partial charge in [-0.25, -0.2) is 4.98 Å². The van der Waals surface area contributed by atoms with E-state index in [1.54, 1.807) is 31.2 Å². The third-order valence-corrected chi connectivity index (χ3v) is 6.58. The van der Waals surface area contributed by atoms with E-state index in [2.05, 4.69) is 20.6 Å². The van der Waals surface area contributed by atoms with Crippen LogP contribution in [0.5, 0.6) is 11.5 Å². The topological polar surface area (TPSA) is 122 Å². The van der Waals surface area contributed by atoms with Crippen LogP contribution in [0, 0.1) is 6.92 Å². The van der Waals surface area contributed by atoms with Crippen molar-refractivity contribution in [2.45, 2.75) is 39.3 Å². The zero-order valence-corrected chi connectivity index (χ0v) is 21.7. The molecule has 0 atom stereocenters. The molecule has 0 spiro atoms.